The van der Waals surface area contributed by atoms with Gasteiger partial charge in [0.15, 0.2) is 0 Å². The highest BCUT2D eigenvalue weighted by Gasteiger charge is 2.35. The van der Waals surface area contributed by atoms with Gasteiger partial charge in [0.2, 0.25) is 0 Å². The molecule has 0 spiro atoms. The van der Waals surface area contributed by atoms with Crippen molar-refractivity contribution in [2.45, 2.75) is 37.8 Å². The van der Waals surface area contributed by atoms with E-state index in [0.717, 1.165) is 16.1 Å². The number of rotatable bonds is 5. The number of halogens is 1. The second kappa shape index (κ2) is 5.79. The molecule has 108 valence electrons. The quantitative estimate of drug-likeness (QED) is 0.839. The molecule has 0 fully saturated rings. The van der Waals surface area contributed by atoms with Crippen LogP contribution >= 0.6 is 15.9 Å². The molecule has 0 saturated carbocycles. The van der Waals surface area contributed by atoms with Crippen LogP contribution in [0.3, 0.4) is 0 Å². The molecule has 1 atom stereocenters. The molecule has 20 heavy (non-hydrogen) atoms. The van der Waals surface area contributed by atoms with E-state index in [9.17, 15) is 5.11 Å². The third-order valence-corrected chi connectivity index (χ3v) is 5.21. The van der Waals surface area contributed by atoms with Crippen LogP contribution in [0.15, 0.2) is 41.4 Å². The van der Waals surface area contributed by atoms with Crippen LogP contribution in [-0.4, -0.2) is 27.9 Å². The maximum Gasteiger partial charge on any atom is 0.137 e. The third-order valence-electron chi connectivity index (χ3n) is 3.07. The van der Waals surface area contributed by atoms with Gasteiger partial charge in [-0.15, -0.1) is 0 Å². The average molecular weight is 354 g/mol. The smallest absolute Gasteiger partial charge is 0.137 e. The third kappa shape index (κ3) is 4.00. The van der Waals surface area contributed by atoms with Crippen molar-refractivity contribution in [1.29, 1.82) is 0 Å². The molecule has 4 nitrogen and oxygen atoms in total. The van der Waals surface area contributed by atoms with Crippen LogP contribution in [0.2, 0.25) is 25.7 Å². The summed E-state index contributed by atoms with van der Waals surface area (Å²) in [7, 11) is -1.45. The summed E-state index contributed by atoms with van der Waals surface area (Å²) in [5.74, 6) is 0. The Kier molecular flexibility index (Phi) is 4.46. The van der Waals surface area contributed by atoms with Crippen LogP contribution < -0.4 is 0 Å². The highest BCUT2D eigenvalue weighted by Crippen LogP contribution is 2.33. The maximum atomic E-state index is 11.2. The fraction of sp³-hybridized carbons (Fsp3) is 0.429. The van der Waals surface area contributed by atoms with Gasteiger partial charge < -0.3 is 5.11 Å². The summed E-state index contributed by atoms with van der Waals surface area (Å²) in [4.78, 5) is 3.96. The molecular formula is C14H20BrN3OSi. The summed E-state index contributed by atoms with van der Waals surface area (Å²) in [6.45, 7) is 7.21. The second-order valence-corrected chi connectivity index (χ2v) is 12.8. The first-order valence-corrected chi connectivity index (χ1v) is 11.1. The first-order valence-electron chi connectivity index (χ1n) is 6.59. The number of nitrogens with zero attached hydrogens (tertiary/aromatic N) is 3. The van der Waals surface area contributed by atoms with Crippen LogP contribution in [0.1, 0.15) is 5.56 Å². The van der Waals surface area contributed by atoms with Crippen LogP contribution in [0.25, 0.3) is 0 Å². The molecule has 1 unspecified atom stereocenters. The standard InChI is InChI=1S/C14H20BrN3OSi/c1-20(2,3)9-14(19,8-18-11-16-10-17-18)12-5-4-6-13(15)7-12/h4-7,10-11,19H,8-9H2,1-3H3. The highest BCUT2D eigenvalue weighted by atomic mass is 79.9. The van der Waals surface area contributed by atoms with Crippen molar-refractivity contribution in [3.8, 4) is 0 Å². The number of aliphatic hydroxyl groups is 1. The van der Waals surface area contributed by atoms with Gasteiger partial charge in [-0.2, -0.15) is 5.10 Å². The first kappa shape index (κ1) is 15.4. The largest absolute Gasteiger partial charge is 0.384 e. The van der Waals surface area contributed by atoms with Crippen LogP contribution in [0.4, 0.5) is 0 Å². The Hall–Kier alpha value is -0.983. The molecule has 0 amide bonds. The Morgan fingerprint density at radius 1 is 1.35 bits per heavy atom. The molecule has 0 aliphatic heterocycles. The molecule has 1 aromatic heterocycles. The fourth-order valence-corrected chi connectivity index (χ4v) is 4.96. The highest BCUT2D eigenvalue weighted by molar-refractivity contribution is 9.10. The predicted octanol–water partition coefficient (Wildman–Crippen LogP) is 3.27. The van der Waals surface area contributed by atoms with Crippen molar-refractivity contribution in [3.05, 3.63) is 47.0 Å². The van der Waals surface area contributed by atoms with Gasteiger partial charge in [0, 0.05) is 12.5 Å². The van der Waals surface area contributed by atoms with Gasteiger partial charge in [-0.05, 0) is 23.7 Å². The SMILES string of the molecule is C[Si](C)(C)CC(O)(Cn1cncn1)c1cccc(Br)c1. The van der Waals surface area contributed by atoms with Crippen molar-refractivity contribution in [1.82, 2.24) is 14.8 Å². The Balaban J connectivity index is 2.37. The maximum absolute atomic E-state index is 11.2. The zero-order chi connectivity index (χ0) is 14.8. The topological polar surface area (TPSA) is 50.9 Å². The molecule has 2 rings (SSSR count). The van der Waals surface area contributed by atoms with Gasteiger partial charge in [-0.1, -0.05) is 47.7 Å². The minimum absolute atomic E-state index is 0.424. The van der Waals surface area contributed by atoms with Crippen LogP contribution in [0, 0.1) is 0 Å². The van der Waals surface area contributed by atoms with E-state index in [-0.39, 0.29) is 0 Å². The Labute approximate surface area is 129 Å². The van der Waals surface area contributed by atoms with E-state index in [1.54, 1.807) is 11.0 Å². The van der Waals surface area contributed by atoms with Crippen LogP contribution in [-0.2, 0) is 12.1 Å². The number of benzene rings is 1. The molecular weight excluding hydrogens is 334 g/mol. The van der Waals surface area contributed by atoms with E-state index >= 15 is 0 Å². The molecule has 0 aliphatic rings. The van der Waals surface area contributed by atoms with E-state index in [2.05, 4.69) is 45.7 Å². The molecule has 6 heteroatoms. The lowest BCUT2D eigenvalue weighted by atomic mass is 9.96. The van der Waals surface area contributed by atoms with E-state index < -0.39 is 13.7 Å². The molecule has 1 N–H and O–H groups in total. The normalized spacial score (nSPS) is 15.1. The van der Waals surface area contributed by atoms with Crippen molar-refractivity contribution in [3.63, 3.8) is 0 Å². The van der Waals surface area contributed by atoms with Crippen molar-refractivity contribution < 1.29 is 5.11 Å². The zero-order valence-electron chi connectivity index (χ0n) is 12.0. The van der Waals surface area contributed by atoms with Crippen molar-refractivity contribution in [2.75, 3.05) is 0 Å². The van der Waals surface area contributed by atoms with Gasteiger partial charge in [-0.25, -0.2) is 9.67 Å². The lowest BCUT2D eigenvalue weighted by Gasteiger charge is -2.34. The molecule has 1 heterocycles. The number of hydrogen-bond donors (Lipinski definition) is 1. The summed E-state index contributed by atoms with van der Waals surface area (Å²) in [6.07, 6.45) is 3.14. The van der Waals surface area contributed by atoms with E-state index in [1.165, 1.54) is 6.33 Å². The molecule has 0 bridgehead atoms. The van der Waals surface area contributed by atoms with Crippen molar-refractivity contribution in [2.24, 2.45) is 0 Å². The summed E-state index contributed by atoms with van der Waals surface area (Å²) >= 11 is 3.48. The van der Waals surface area contributed by atoms with E-state index in [0.29, 0.717) is 6.54 Å². The summed E-state index contributed by atoms with van der Waals surface area (Å²) in [5.41, 5.74) is 0.00638. The summed E-state index contributed by atoms with van der Waals surface area (Å²) in [6, 6.07) is 8.65. The van der Waals surface area contributed by atoms with Gasteiger partial charge in [0.05, 0.1) is 6.54 Å². The van der Waals surface area contributed by atoms with Gasteiger partial charge >= 0.3 is 0 Å². The van der Waals surface area contributed by atoms with E-state index in [1.807, 2.05) is 24.3 Å². The Morgan fingerprint density at radius 3 is 2.65 bits per heavy atom. The zero-order valence-corrected chi connectivity index (χ0v) is 14.6. The second-order valence-electron chi connectivity index (χ2n) is 6.37. The monoisotopic (exact) mass is 353 g/mol. The lowest BCUT2D eigenvalue weighted by Crippen LogP contribution is -2.39. The molecule has 1 aromatic carbocycles. The molecule has 0 aliphatic carbocycles. The number of hydrogen-bond acceptors (Lipinski definition) is 3. The fourth-order valence-electron chi connectivity index (χ4n) is 2.49. The molecule has 2 aromatic rings. The Bertz CT molecular complexity index is 568. The minimum atomic E-state index is -1.45. The van der Waals surface area contributed by atoms with Gasteiger partial charge in [0.25, 0.3) is 0 Å². The van der Waals surface area contributed by atoms with Crippen molar-refractivity contribution >= 4 is 24.0 Å². The summed E-state index contributed by atoms with van der Waals surface area (Å²) in [5, 5.41) is 15.4. The first-order chi connectivity index (χ1) is 9.28. The minimum Gasteiger partial charge on any atom is -0.384 e. The number of aromatic nitrogens is 3. The Morgan fingerprint density at radius 2 is 2.10 bits per heavy atom. The van der Waals surface area contributed by atoms with E-state index in [4.69, 9.17) is 0 Å². The molecule has 0 saturated heterocycles. The molecule has 0 radical (unpaired) electrons. The van der Waals surface area contributed by atoms with Gasteiger partial charge in [-0.3, -0.25) is 0 Å². The predicted molar refractivity (Wildman–Crippen MR) is 86.2 cm³/mol. The summed E-state index contributed by atoms with van der Waals surface area (Å²) < 4.78 is 2.67. The lowest BCUT2D eigenvalue weighted by molar-refractivity contribution is 0.0331. The van der Waals surface area contributed by atoms with Crippen LogP contribution in [0.5, 0.6) is 0 Å². The van der Waals surface area contributed by atoms with Gasteiger partial charge in [0.1, 0.15) is 18.3 Å². The average Bonchev–Trinajstić information content (AvgIpc) is 2.79.